The van der Waals surface area contributed by atoms with Gasteiger partial charge in [-0.15, -0.1) is 22.6 Å². The van der Waals surface area contributed by atoms with Gasteiger partial charge in [-0.1, -0.05) is 18.2 Å². The number of amides is 1. The summed E-state index contributed by atoms with van der Waals surface area (Å²) >= 11 is 0. The predicted octanol–water partition coefficient (Wildman–Crippen LogP) is 2.08. The number of benzene rings is 1. The standard InChI is InChI=1S/C20H25N5O2.ClH/c26-20(16-7-12-27-17-4-2-1-3-15(16)17)24-9-5-14(6-10-24)19-23-22-18-13-21-8-11-25(18)19;/h1-4,14,16,21H,5-13H2;1H. The predicted molar refractivity (Wildman–Crippen MR) is 107 cm³/mol. The molecule has 1 aromatic carbocycles. The van der Waals surface area contributed by atoms with E-state index in [1.165, 1.54) is 0 Å². The number of para-hydroxylation sites is 1. The van der Waals surface area contributed by atoms with Crippen LogP contribution in [-0.2, 0) is 17.9 Å². The fourth-order valence-corrected chi connectivity index (χ4v) is 4.59. The lowest BCUT2D eigenvalue weighted by Crippen LogP contribution is -2.42. The van der Waals surface area contributed by atoms with Crippen LogP contribution in [0.5, 0.6) is 5.75 Å². The Morgan fingerprint density at radius 3 is 2.79 bits per heavy atom. The van der Waals surface area contributed by atoms with Crippen LogP contribution in [0.15, 0.2) is 24.3 Å². The van der Waals surface area contributed by atoms with Gasteiger partial charge in [-0.2, -0.15) is 0 Å². The number of nitrogens with one attached hydrogen (secondary N) is 1. The Morgan fingerprint density at radius 2 is 1.93 bits per heavy atom. The minimum absolute atomic E-state index is 0. The van der Waals surface area contributed by atoms with Crippen LogP contribution < -0.4 is 10.1 Å². The number of rotatable bonds is 2. The normalized spacial score (nSPS) is 21.9. The molecule has 8 heteroatoms. The fourth-order valence-electron chi connectivity index (χ4n) is 4.59. The number of piperidine rings is 1. The van der Waals surface area contributed by atoms with Crippen molar-refractivity contribution in [2.75, 3.05) is 26.2 Å². The molecule has 150 valence electrons. The van der Waals surface area contributed by atoms with Crippen molar-refractivity contribution >= 4 is 18.3 Å². The zero-order chi connectivity index (χ0) is 18.2. The number of nitrogens with zero attached hydrogens (tertiary/aromatic N) is 4. The second-order valence-electron chi connectivity index (χ2n) is 7.63. The van der Waals surface area contributed by atoms with E-state index in [0.29, 0.717) is 12.5 Å². The summed E-state index contributed by atoms with van der Waals surface area (Å²) < 4.78 is 7.99. The lowest BCUT2D eigenvalue weighted by atomic mass is 9.89. The van der Waals surface area contributed by atoms with E-state index in [9.17, 15) is 4.79 Å². The number of ether oxygens (including phenoxy) is 1. The van der Waals surface area contributed by atoms with E-state index in [1.807, 2.05) is 29.2 Å². The molecule has 1 aromatic heterocycles. The molecule has 1 unspecified atom stereocenters. The van der Waals surface area contributed by atoms with Gasteiger partial charge in [0.2, 0.25) is 5.91 Å². The highest BCUT2D eigenvalue weighted by Gasteiger charge is 2.34. The fraction of sp³-hybridized carbons (Fsp3) is 0.550. The molecule has 5 rings (SSSR count). The first kappa shape index (κ1) is 19.2. The van der Waals surface area contributed by atoms with E-state index in [1.54, 1.807) is 0 Å². The summed E-state index contributed by atoms with van der Waals surface area (Å²) in [5.41, 5.74) is 1.04. The first-order valence-electron chi connectivity index (χ1n) is 9.94. The average Bonchev–Trinajstić information content (AvgIpc) is 3.17. The summed E-state index contributed by atoms with van der Waals surface area (Å²) in [5, 5.41) is 12.1. The van der Waals surface area contributed by atoms with E-state index in [4.69, 9.17) is 4.74 Å². The third-order valence-corrected chi connectivity index (χ3v) is 6.08. The smallest absolute Gasteiger partial charge is 0.230 e. The Kier molecular flexibility index (Phi) is 5.55. The molecule has 0 radical (unpaired) electrons. The van der Waals surface area contributed by atoms with E-state index >= 15 is 0 Å². The summed E-state index contributed by atoms with van der Waals surface area (Å²) in [6.45, 7) is 4.92. The van der Waals surface area contributed by atoms with Crippen LogP contribution in [0.4, 0.5) is 0 Å². The number of fused-ring (bicyclic) bond motifs is 2. The molecule has 7 nitrogen and oxygen atoms in total. The Morgan fingerprint density at radius 1 is 1.11 bits per heavy atom. The average molecular weight is 404 g/mol. The molecule has 3 aliphatic heterocycles. The lowest BCUT2D eigenvalue weighted by molar-refractivity contribution is -0.134. The molecular formula is C20H26ClN5O2. The molecule has 2 aromatic rings. The van der Waals surface area contributed by atoms with Crippen LogP contribution in [0, 0.1) is 0 Å². The Labute approximate surface area is 170 Å². The second-order valence-corrected chi connectivity index (χ2v) is 7.63. The largest absolute Gasteiger partial charge is 0.493 e. The SMILES string of the molecule is Cl.O=C(C1CCOc2ccccc21)N1CCC(c2nnc3n2CCNC3)CC1. The van der Waals surface area contributed by atoms with Crippen molar-refractivity contribution < 1.29 is 9.53 Å². The van der Waals surface area contributed by atoms with Crippen molar-refractivity contribution in [2.24, 2.45) is 0 Å². The first-order chi connectivity index (χ1) is 13.3. The minimum Gasteiger partial charge on any atom is -0.493 e. The van der Waals surface area contributed by atoms with Crippen molar-refractivity contribution in [1.29, 1.82) is 0 Å². The van der Waals surface area contributed by atoms with Crippen LogP contribution in [0.25, 0.3) is 0 Å². The maximum absolute atomic E-state index is 13.2. The topological polar surface area (TPSA) is 72.3 Å². The summed E-state index contributed by atoms with van der Waals surface area (Å²) in [7, 11) is 0. The van der Waals surface area contributed by atoms with Crippen molar-refractivity contribution in [3.63, 3.8) is 0 Å². The summed E-state index contributed by atoms with van der Waals surface area (Å²) in [6.07, 6.45) is 2.69. The van der Waals surface area contributed by atoms with Crippen LogP contribution in [0.1, 0.15) is 48.3 Å². The molecule has 0 saturated carbocycles. The van der Waals surface area contributed by atoms with Gasteiger partial charge in [-0.25, -0.2) is 0 Å². The summed E-state index contributed by atoms with van der Waals surface area (Å²) in [6, 6.07) is 7.94. The van der Waals surface area contributed by atoms with Gasteiger partial charge >= 0.3 is 0 Å². The van der Waals surface area contributed by atoms with Crippen LogP contribution in [0.2, 0.25) is 0 Å². The number of likely N-dealkylation sites (tertiary alicyclic amines) is 1. The quantitative estimate of drug-likeness (QED) is 0.831. The van der Waals surface area contributed by atoms with Crippen molar-refractivity contribution in [3.8, 4) is 5.75 Å². The summed E-state index contributed by atoms with van der Waals surface area (Å²) in [5.74, 6) is 3.58. The Balaban J connectivity index is 0.00000192. The number of hydrogen-bond acceptors (Lipinski definition) is 5. The maximum Gasteiger partial charge on any atom is 0.230 e. The molecule has 1 saturated heterocycles. The third-order valence-electron chi connectivity index (χ3n) is 6.08. The molecule has 1 atom stereocenters. The monoisotopic (exact) mass is 403 g/mol. The summed E-state index contributed by atoms with van der Waals surface area (Å²) in [4.78, 5) is 15.2. The van der Waals surface area contributed by atoms with E-state index in [2.05, 4.69) is 20.1 Å². The van der Waals surface area contributed by atoms with Crippen molar-refractivity contribution in [1.82, 2.24) is 25.0 Å². The highest BCUT2D eigenvalue weighted by molar-refractivity contribution is 5.85. The highest BCUT2D eigenvalue weighted by Crippen LogP contribution is 2.36. The number of hydrogen-bond donors (Lipinski definition) is 1. The zero-order valence-electron chi connectivity index (χ0n) is 15.8. The molecule has 1 amide bonds. The van der Waals surface area contributed by atoms with Crippen LogP contribution in [0.3, 0.4) is 0 Å². The van der Waals surface area contributed by atoms with Gasteiger partial charge in [0.05, 0.1) is 19.1 Å². The molecule has 0 spiro atoms. The second kappa shape index (κ2) is 8.09. The van der Waals surface area contributed by atoms with Gasteiger partial charge in [0.1, 0.15) is 17.4 Å². The van der Waals surface area contributed by atoms with Gasteiger partial charge in [-0.05, 0) is 25.3 Å². The van der Waals surface area contributed by atoms with Crippen molar-refractivity contribution in [3.05, 3.63) is 41.5 Å². The van der Waals surface area contributed by atoms with Gasteiger partial charge in [0.15, 0.2) is 0 Å². The molecule has 1 fully saturated rings. The first-order valence-corrected chi connectivity index (χ1v) is 9.94. The van der Waals surface area contributed by atoms with Crippen LogP contribution in [-0.4, -0.2) is 51.8 Å². The maximum atomic E-state index is 13.2. The molecule has 0 bridgehead atoms. The van der Waals surface area contributed by atoms with Crippen molar-refractivity contribution in [2.45, 2.75) is 44.2 Å². The van der Waals surface area contributed by atoms with Crippen LogP contribution >= 0.6 is 12.4 Å². The van der Waals surface area contributed by atoms with Gasteiger partial charge in [0.25, 0.3) is 0 Å². The molecular weight excluding hydrogens is 378 g/mol. The Bertz CT molecular complexity index is 847. The van der Waals surface area contributed by atoms with Gasteiger partial charge in [0, 0.05) is 37.7 Å². The lowest BCUT2D eigenvalue weighted by Gasteiger charge is -2.35. The molecule has 28 heavy (non-hydrogen) atoms. The number of carbonyl (C=O) groups excluding carboxylic acids is 1. The molecule has 4 heterocycles. The zero-order valence-corrected chi connectivity index (χ0v) is 16.7. The van der Waals surface area contributed by atoms with Gasteiger partial charge in [-0.3, -0.25) is 4.79 Å². The van der Waals surface area contributed by atoms with Gasteiger partial charge < -0.3 is 19.5 Å². The third kappa shape index (κ3) is 3.37. The van der Waals surface area contributed by atoms with E-state index < -0.39 is 0 Å². The number of aromatic nitrogens is 3. The van der Waals surface area contributed by atoms with E-state index in [-0.39, 0.29) is 24.2 Å². The number of halogens is 1. The molecule has 3 aliphatic rings. The highest BCUT2D eigenvalue weighted by atomic mass is 35.5. The number of carbonyl (C=O) groups is 1. The molecule has 1 N–H and O–H groups in total. The minimum atomic E-state index is -0.0709. The van der Waals surface area contributed by atoms with E-state index in [0.717, 1.165) is 74.9 Å². The molecule has 0 aliphatic carbocycles. The Hall–Kier alpha value is -2.12.